The van der Waals surface area contributed by atoms with E-state index in [1.54, 1.807) is 0 Å². The number of benzene rings is 1. The number of carbonyl (C=O) groups is 1. The van der Waals surface area contributed by atoms with Gasteiger partial charge in [0, 0.05) is 38.3 Å². The quantitative estimate of drug-likeness (QED) is 0.894. The van der Waals surface area contributed by atoms with E-state index in [1.807, 2.05) is 17.9 Å². The fraction of sp³-hybridized carbons (Fsp3) is 0.412. The van der Waals surface area contributed by atoms with Crippen molar-refractivity contribution in [2.75, 3.05) is 38.0 Å². The maximum Gasteiger partial charge on any atom is 0.238 e. The van der Waals surface area contributed by atoms with Crippen LogP contribution in [0.15, 0.2) is 28.8 Å². The summed E-state index contributed by atoms with van der Waals surface area (Å²) in [6.07, 6.45) is 0. The zero-order chi connectivity index (χ0) is 17.8. The molecule has 25 heavy (non-hydrogen) atoms. The molecule has 8 heteroatoms. The zero-order valence-electron chi connectivity index (χ0n) is 14.0. The highest BCUT2D eigenvalue weighted by atomic mass is 19.1. The number of nitrogens with zero attached hydrogens (tertiary/aromatic N) is 3. The van der Waals surface area contributed by atoms with Gasteiger partial charge in [0.1, 0.15) is 11.6 Å². The molecule has 0 aliphatic carbocycles. The lowest BCUT2D eigenvalue weighted by Gasteiger charge is -2.33. The summed E-state index contributed by atoms with van der Waals surface area (Å²) in [5.74, 6) is -0.774. The fourth-order valence-corrected chi connectivity index (χ4v) is 2.80. The second kappa shape index (κ2) is 7.71. The predicted molar refractivity (Wildman–Crippen MR) is 87.9 cm³/mol. The average molecular weight is 350 g/mol. The number of amides is 1. The fourth-order valence-electron chi connectivity index (χ4n) is 2.80. The van der Waals surface area contributed by atoms with Gasteiger partial charge in [-0.1, -0.05) is 5.16 Å². The third-order valence-electron chi connectivity index (χ3n) is 4.09. The van der Waals surface area contributed by atoms with E-state index in [1.165, 1.54) is 0 Å². The smallest absolute Gasteiger partial charge is 0.238 e. The first-order valence-electron chi connectivity index (χ1n) is 8.11. The summed E-state index contributed by atoms with van der Waals surface area (Å²) in [6.45, 7) is 5.73. The maximum atomic E-state index is 13.6. The number of halogens is 2. The molecule has 0 spiro atoms. The van der Waals surface area contributed by atoms with E-state index < -0.39 is 11.6 Å². The molecule has 1 aliphatic rings. The SMILES string of the molecule is Cc1cc(CN2CCN(CC(=O)Nc3cc(F)ccc3F)CC2)on1. The lowest BCUT2D eigenvalue weighted by molar-refractivity contribution is -0.117. The van der Waals surface area contributed by atoms with Gasteiger partial charge in [0.2, 0.25) is 5.91 Å². The molecule has 1 fully saturated rings. The first kappa shape index (κ1) is 17.5. The van der Waals surface area contributed by atoms with Gasteiger partial charge in [-0.2, -0.15) is 0 Å². The van der Waals surface area contributed by atoms with Gasteiger partial charge in [-0.3, -0.25) is 14.6 Å². The Balaban J connectivity index is 1.45. The number of aryl methyl sites for hydroxylation is 1. The van der Waals surface area contributed by atoms with Crippen LogP contribution in [0.25, 0.3) is 0 Å². The summed E-state index contributed by atoms with van der Waals surface area (Å²) in [5, 5.41) is 6.29. The van der Waals surface area contributed by atoms with Gasteiger partial charge in [-0.05, 0) is 19.1 Å². The number of rotatable bonds is 5. The zero-order valence-corrected chi connectivity index (χ0v) is 14.0. The molecule has 0 bridgehead atoms. The van der Waals surface area contributed by atoms with Crippen LogP contribution < -0.4 is 5.32 Å². The van der Waals surface area contributed by atoms with Crippen LogP contribution in [0.2, 0.25) is 0 Å². The molecular formula is C17H20F2N4O2. The van der Waals surface area contributed by atoms with Gasteiger partial charge in [0.25, 0.3) is 0 Å². The number of aromatic nitrogens is 1. The molecule has 0 saturated carbocycles. The summed E-state index contributed by atoms with van der Waals surface area (Å²) < 4.78 is 31.9. The molecule has 3 rings (SSSR count). The summed E-state index contributed by atoms with van der Waals surface area (Å²) >= 11 is 0. The molecule has 1 aromatic heterocycles. The first-order valence-corrected chi connectivity index (χ1v) is 8.11. The Hall–Kier alpha value is -2.32. The van der Waals surface area contributed by atoms with E-state index >= 15 is 0 Å². The highest BCUT2D eigenvalue weighted by molar-refractivity contribution is 5.92. The van der Waals surface area contributed by atoms with Crippen molar-refractivity contribution in [1.29, 1.82) is 0 Å². The van der Waals surface area contributed by atoms with E-state index in [4.69, 9.17) is 4.52 Å². The minimum Gasteiger partial charge on any atom is -0.360 e. The van der Waals surface area contributed by atoms with Crippen molar-refractivity contribution in [3.05, 3.63) is 47.4 Å². The summed E-state index contributed by atoms with van der Waals surface area (Å²) in [4.78, 5) is 16.2. The van der Waals surface area contributed by atoms with Crippen molar-refractivity contribution in [3.8, 4) is 0 Å². The van der Waals surface area contributed by atoms with Gasteiger partial charge in [0.15, 0.2) is 5.76 Å². The number of anilines is 1. The average Bonchev–Trinajstić information content (AvgIpc) is 2.98. The Morgan fingerprint density at radius 2 is 1.92 bits per heavy atom. The number of piperazine rings is 1. The lowest BCUT2D eigenvalue weighted by Crippen LogP contribution is -2.48. The topological polar surface area (TPSA) is 61.6 Å². The molecule has 6 nitrogen and oxygen atoms in total. The second-order valence-corrected chi connectivity index (χ2v) is 6.16. The third kappa shape index (κ3) is 4.83. The second-order valence-electron chi connectivity index (χ2n) is 6.16. The van der Waals surface area contributed by atoms with Gasteiger partial charge >= 0.3 is 0 Å². The molecule has 1 N–H and O–H groups in total. The van der Waals surface area contributed by atoms with Crippen LogP contribution in [0.4, 0.5) is 14.5 Å². The molecule has 2 aromatic rings. The monoisotopic (exact) mass is 350 g/mol. The molecule has 0 atom stereocenters. The molecule has 1 saturated heterocycles. The van der Waals surface area contributed by atoms with Gasteiger partial charge in [-0.15, -0.1) is 0 Å². The molecule has 0 radical (unpaired) electrons. The van der Waals surface area contributed by atoms with Crippen LogP contribution in [0.1, 0.15) is 11.5 Å². The van der Waals surface area contributed by atoms with Crippen LogP contribution >= 0.6 is 0 Å². The van der Waals surface area contributed by atoms with Crippen molar-refractivity contribution in [3.63, 3.8) is 0 Å². The van der Waals surface area contributed by atoms with Crippen molar-refractivity contribution >= 4 is 11.6 Å². The maximum absolute atomic E-state index is 13.6. The predicted octanol–water partition coefficient (Wildman–Crippen LogP) is 2.02. The van der Waals surface area contributed by atoms with Crippen LogP contribution in [-0.4, -0.2) is 53.6 Å². The Morgan fingerprint density at radius 3 is 2.60 bits per heavy atom. The number of nitrogens with one attached hydrogen (secondary N) is 1. The number of hydrogen-bond acceptors (Lipinski definition) is 5. The molecule has 0 unspecified atom stereocenters. The first-order chi connectivity index (χ1) is 12.0. The van der Waals surface area contributed by atoms with E-state index in [-0.39, 0.29) is 18.1 Å². The Labute approximate surface area is 144 Å². The van der Waals surface area contributed by atoms with Crippen molar-refractivity contribution < 1.29 is 18.1 Å². The number of hydrogen-bond donors (Lipinski definition) is 1. The van der Waals surface area contributed by atoms with Gasteiger partial charge in [0.05, 0.1) is 24.5 Å². The van der Waals surface area contributed by atoms with Gasteiger partial charge in [-0.25, -0.2) is 8.78 Å². The van der Waals surface area contributed by atoms with E-state index in [0.29, 0.717) is 19.6 Å². The highest BCUT2D eigenvalue weighted by Crippen LogP contribution is 2.15. The third-order valence-corrected chi connectivity index (χ3v) is 4.09. The summed E-state index contributed by atoms with van der Waals surface area (Å²) in [7, 11) is 0. The van der Waals surface area contributed by atoms with Crippen molar-refractivity contribution in [2.45, 2.75) is 13.5 Å². The highest BCUT2D eigenvalue weighted by Gasteiger charge is 2.20. The van der Waals surface area contributed by atoms with Crippen LogP contribution in [0.5, 0.6) is 0 Å². The Bertz CT molecular complexity index is 742. The normalized spacial score (nSPS) is 16.1. The van der Waals surface area contributed by atoms with Crippen molar-refractivity contribution in [2.24, 2.45) is 0 Å². The largest absolute Gasteiger partial charge is 0.360 e. The molecule has 134 valence electrons. The van der Waals surface area contributed by atoms with E-state index in [2.05, 4.69) is 15.4 Å². The molecule has 1 aliphatic heterocycles. The van der Waals surface area contributed by atoms with Crippen molar-refractivity contribution in [1.82, 2.24) is 15.0 Å². The van der Waals surface area contributed by atoms with Gasteiger partial charge < -0.3 is 9.84 Å². The lowest BCUT2D eigenvalue weighted by atomic mass is 10.2. The van der Waals surface area contributed by atoms with Crippen LogP contribution in [0, 0.1) is 18.6 Å². The summed E-state index contributed by atoms with van der Waals surface area (Å²) in [5.41, 5.74) is 0.721. The minimum atomic E-state index is -0.651. The van der Waals surface area contributed by atoms with E-state index in [0.717, 1.165) is 42.7 Å². The number of carbonyl (C=O) groups excluding carboxylic acids is 1. The Morgan fingerprint density at radius 1 is 1.20 bits per heavy atom. The van der Waals surface area contributed by atoms with Crippen LogP contribution in [-0.2, 0) is 11.3 Å². The minimum absolute atomic E-state index is 0.135. The van der Waals surface area contributed by atoms with Crippen LogP contribution in [0.3, 0.4) is 0 Å². The molecule has 1 aromatic carbocycles. The Kier molecular flexibility index (Phi) is 5.40. The van der Waals surface area contributed by atoms with E-state index in [9.17, 15) is 13.6 Å². The summed E-state index contributed by atoms with van der Waals surface area (Å²) in [6, 6.07) is 4.90. The standard InChI is InChI=1S/C17H20F2N4O2/c1-12-8-14(25-21-12)10-22-4-6-23(7-5-22)11-17(24)20-16-9-13(18)2-3-15(16)19/h2-3,8-9H,4-7,10-11H2,1H3,(H,20,24). The molecule has 1 amide bonds. The molecule has 2 heterocycles. The molecular weight excluding hydrogens is 330 g/mol.